The lowest BCUT2D eigenvalue weighted by Gasteiger charge is -2.18. The van der Waals surface area contributed by atoms with E-state index in [1.807, 2.05) is 0 Å². The van der Waals surface area contributed by atoms with E-state index < -0.39 is 4.92 Å². The molecule has 1 aromatic carbocycles. The second-order valence-corrected chi connectivity index (χ2v) is 5.32. The zero-order chi connectivity index (χ0) is 14.0. The molecular weight excluding hydrogens is 314 g/mol. The van der Waals surface area contributed by atoms with Crippen LogP contribution in [0.15, 0.2) is 23.2 Å². The Morgan fingerprint density at radius 2 is 2.26 bits per heavy atom. The Labute approximate surface area is 118 Å². The molecule has 1 aromatic rings. The Morgan fingerprint density at radius 1 is 1.53 bits per heavy atom. The van der Waals surface area contributed by atoms with Crippen LogP contribution >= 0.6 is 15.9 Å². The van der Waals surface area contributed by atoms with Gasteiger partial charge in [0.2, 0.25) is 5.91 Å². The maximum absolute atomic E-state index is 11.3. The summed E-state index contributed by atoms with van der Waals surface area (Å²) in [4.78, 5) is 22.0. The number of anilines is 2. The number of hydrogen-bond acceptors (Lipinski definition) is 4. The predicted molar refractivity (Wildman–Crippen MR) is 76.6 cm³/mol. The van der Waals surface area contributed by atoms with Gasteiger partial charge in [-0.15, -0.1) is 0 Å². The van der Waals surface area contributed by atoms with Crippen LogP contribution in [-0.4, -0.2) is 17.4 Å². The predicted octanol–water partition coefficient (Wildman–Crippen LogP) is 2.80. The Morgan fingerprint density at radius 3 is 2.89 bits per heavy atom. The molecule has 2 rings (SSSR count). The van der Waals surface area contributed by atoms with E-state index in [1.165, 1.54) is 6.07 Å². The molecule has 19 heavy (non-hydrogen) atoms. The summed E-state index contributed by atoms with van der Waals surface area (Å²) >= 11 is 3.18. The summed E-state index contributed by atoms with van der Waals surface area (Å²) in [6, 6.07) is 3.11. The quantitative estimate of drug-likeness (QED) is 0.658. The molecule has 0 spiro atoms. The first-order valence-corrected chi connectivity index (χ1v) is 6.45. The van der Waals surface area contributed by atoms with Gasteiger partial charge in [0.1, 0.15) is 5.69 Å². The van der Waals surface area contributed by atoms with Crippen molar-refractivity contribution in [1.29, 1.82) is 0 Å². The van der Waals surface area contributed by atoms with E-state index in [0.29, 0.717) is 35.2 Å². The van der Waals surface area contributed by atoms with E-state index in [1.54, 1.807) is 6.07 Å². The van der Waals surface area contributed by atoms with Crippen LogP contribution in [0.5, 0.6) is 0 Å². The van der Waals surface area contributed by atoms with E-state index in [9.17, 15) is 14.9 Å². The van der Waals surface area contributed by atoms with Gasteiger partial charge in [-0.3, -0.25) is 14.9 Å². The lowest BCUT2D eigenvalue weighted by molar-refractivity contribution is -0.384. The van der Waals surface area contributed by atoms with Crippen LogP contribution < -0.4 is 10.6 Å². The number of carbonyl (C=O) groups is 1. The van der Waals surface area contributed by atoms with E-state index in [-0.39, 0.29) is 11.6 Å². The molecule has 1 aliphatic heterocycles. The Balaban J connectivity index is 2.39. The van der Waals surface area contributed by atoms with Crippen molar-refractivity contribution in [1.82, 2.24) is 0 Å². The fourth-order valence-corrected chi connectivity index (χ4v) is 2.04. The van der Waals surface area contributed by atoms with Gasteiger partial charge in [-0.1, -0.05) is 22.5 Å². The molecule has 2 N–H and O–H groups in total. The van der Waals surface area contributed by atoms with Crippen molar-refractivity contribution in [3.63, 3.8) is 0 Å². The molecule has 0 atom stereocenters. The molecule has 1 heterocycles. The topological polar surface area (TPSA) is 84.3 Å². The first-order valence-electron chi connectivity index (χ1n) is 5.65. The molecule has 1 amide bonds. The summed E-state index contributed by atoms with van der Waals surface area (Å²) in [5.74, 6) is -0.0720. The van der Waals surface area contributed by atoms with Crippen LogP contribution in [0.4, 0.5) is 17.1 Å². The summed E-state index contributed by atoms with van der Waals surface area (Å²) in [6.07, 6.45) is 0.878. The molecule has 6 nitrogen and oxygen atoms in total. The summed E-state index contributed by atoms with van der Waals surface area (Å²) in [6.45, 7) is 4.03. The standard InChI is InChI=1S/C12H12BrN3O3/c1-7(13)6-14-10-5-9-8(2-3-12(17)15-9)4-11(10)16(18)19/h4-5,14H,1-3,6H2,(H,15,17). The summed E-state index contributed by atoms with van der Waals surface area (Å²) in [7, 11) is 0. The van der Waals surface area contributed by atoms with E-state index >= 15 is 0 Å². The lowest BCUT2D eigenvalue weighted by Crippen LogP contribution is -2.19. The van der Waals surface area contributed by atoms with Crippen LogP contribution in [0, 0.1) is 10.1 Å². The van der Waals surface area contributed by atoms with Crippen LogP contribution in [0.25, 0.3) is 0 Å². The zero-order valence-corrected chi connectivity index (χ0v) is 11.6. The fraction of sp³-hybridized carbons (Fsp3) is 0.250. The molecule has 0 saturated carbocycles. The van der Waals surface area contributed by atoms with E-state index in [4.69, 9.17) is 0 Å². The Kier molecular flexibility index (Phi) is 3.84. The number of amides is 1. The minimum atomic E-state index is -0.434. The highest BCUT2D eigenvalue weighted by Crippen LogP contribution is 2.34. The average molecular weight is 326 g/mol. The minimum Gasteiger partial charge on any atom is -0.375 e. The third-order valence-electron chi connectivity index (χ3n) is 2.78. The van der Waals surface area contributed by atoms with Crippen LogP contribution in [0.2, 0.25) is 0 Å². The van der Waals surface area contributed by atoms with Crippen LogP contribution in [-0.2, 0) is 11.2 Å². The maximum atomic E-state index is 11.3. The number of benzene rings is 1. The van der Waals surface area contributed by atoms with Gasteiger partial charge in [-0.05, 0) is 18.1 Å². The first kappa shape index (κ1) is 13.5. The van der Waals surface area contributed by atoms with Crippen LogP contribution in [0.1, 0.15) is 12.0 Å². The van der Waals surface area contributed by atoms with Crippen molar-refractivity contribution in [3.05, 3.63) is 38.9 Å². The first-order chi connectivity index (χ1) is 8.97. The van der Waals surface area contributed by atoms with Crippen LogP contribution in [0.3, 0.4) is 0 Å². The van der Waals surface area contributed by atoms with Crippen molar-refractivity contribution in [2.24, 2.45) is 0 Å². The van der Waals surface area contributed by atoms with Crippen molar-refractivity contribution in [3.8, 4) is 0 Å². The Bertz CT molecular complexity index is 572. The molecule has 0 aliphatic carbocycles. The zero-order valence-electron chi connectivity index (χ0n) is 10.0. The molecule has 0 saturated heterocycles. The largest absolute Gasteiger partial charge is 0.375 e. The third-order valence-corrected chi connectivity index (χ3v) is 3.06. The maximum Gasteiger partial charge on any atom is 0.292 e. The number of fused-ring (bicyclic) bond motifs is 1. The summed E-state index contributed by atoms with van der Waals surface area (Å²) in [5.41, 5.74) is 1.79. The van der Waals surface area contributed by atoms with E-state index in [2.05, 4.69) is 33.1 Å². The number of rotatable bonds is 4. The monoisotopic (exact) mass is 325 g/mol. The lowest BCUT2D eigenvalue weighted by atomic mass is 10.0. The Hall–Kier alpha value is -1.89. The number of nitro groups is 1. The molecule has 7 heteroatoms. The van der Waals surface area contributed by atoms with Gasteiger partial charge in [0.15, 0.2) is 0 Å². The van der Waals surface area contributed by atoms with Gasteiger partial charge < -0.3 is 10.6 Å². The molecular formula is C12H12BrN3O3. The second kappa shape index (κ2) is 5.40. The van der Waals surface area contributed by atoms with Crippen molar-refractivity contribution < 1.29 is 9.72 Å². The SMILES string of the molecule is C=C(Br)CNc1cc2c(cc1[N+](=O)[O-])CCC(=O)N2. The number of nitrogens with one attached hydrogen (secondary N) is 2. The summed E-state index contributed by atoms with van der Waals surface area (Å²) in [5, 5.41) is 16.7. The van der Waals surface area contributed by atoms with Gasteiger partial charge in [0.05, 0.1) is 4.92 Å². The third kappa shape index (κ3) is 3.11. The number of carbonyl (C=O) groups excluding carboxylic acids is 1. The number of aryl methyl sites for hydroxylation is 1. The van der Waals surface area contributed by atoms with Crippen molar-refractivity contribution >= 4 is 38.9 Å². The minimum absolute atomic E-state index is 0.00338. The number of hydrogen-bond donors (Lipinski definition) is 2. The summed E-state index contributed by atoms with van der Waals surface area (Å²) < 4.78 is 0.684. The molecule has 0 bridgehead atoms. The van der Waals surface area contributed by atoms with Gasteiger partial charge in [-0.2, -0.15) is 0 Å². The van der Waals surface area contributed by atoms with Gasteiger partial charge in [-0.25, -0.2) is 0 Å². The molecule has 0 radical (unpaired) electrons. The van der Waals surface area contributed by atoms with Crippen molar-refractivity contribution in [2.75, 3.05) is 17.2 Å². The number of halogens is 1. The number of nitro benzene ring substituents is 1. The fourth-order valence-electron chi connectivity index (χ4n) is 1.90. The van der Waals surface area contributed by atoms with Crippen molar-refractivity contribution in [2.45, 2.75) is 12.8 Å². The normalized spacial score (nSPS) is 13.4. The van der Waals surface area contributed by atoms with Gasteiger partial charge in [0.25, 0.3) is 5.69 Å². The van der Waals surface area contributed by atoms with E-state index in [0.717, 1.165) is 5.56 Å². The molecule has 100 valence electrons. The highest BCUT2D eigenvalue weighted by Gasteiger charge is 2.22. The molecule has 0 aromatic heterocycles. The molecule has 0 fully saturated rings. The second-order valence-electron chi connectivity index (χ2n) is 4.20. The molecule has 1 aliphatic rings. The highest BCUT2D eigenvalue weighted by atomic mass is 79.9. The highest BCUT2D eigenvalue weighted by molar-refractivity contribution is 9.11. The smallest absolute Gasteiger partial charge is 0.292 e. The van der Waals surface area contributed by atoms with Gasteiger partial charge in [0, 0.05) is 29.2 Å². The average Bonchev–Trinajstić information content (AvgIpc) is 2.34. The number of nitrogens with zero attached hydrogens (tertiary/aromatic N) is 1. The molecule has 0 unspecified atom stereocenters. The van der Waals surface area contributed by atoms with Gasteiger partial charge >= 0.3 is 0 Å².